The predicted molar refractivity (Wildman–Crippen MR) is 75.2 cm³/mol. The van der Waals surface area contributed by atoms with E-state index < -0.39 is 6.04 Å². The van der Waals surface area contributed by atoms with Gasteiger partial charge in [0.2, 0.25) is 5.91 Å². The maximum absolute atomic E-state index is 11.9. The van der Waals surface area contributed by atoms with Crippen LogP contribution in [0.25, 0.3) is 0 Å². The number of halogens is 2. The second kappa shape index (κ2) is 5.38. The van der Waals surface area contributed by atoms with E-state index in [1.54, 1.807) is 12.1 Å². The fourth-order valence-electron chi connectivity index (χ4n) is 1.19. The fourth-order valence-corrected chi connectivity index (χ4v) is 1.92. The molecule has 1 aromatic carbocycles. The summed E-state index contributed by atoms with van der Waals surface area (Å²) in [7, 11) is 0. The topological polar surface area (TPSA) is 55.1 Å². The second-order valence-corrected chi connectivity index (χ2v) is 6.28. The Morgan fingerprint density at radius 1 is 1.47 bits per heavy atom. The van der Waals surface area contributed by atoms with Crippen LogP contribution >= 0.6 is 27.5 Å². The van der Waals surface area contributed by atoms with E-state index in [2.05, 4.69) is 21.2 Å². The Labute approximate surface area is 115 Å². The lowest BCUT2D eigenvalue weighted by atomic mass is 9.87. The van der Waals surface area contributed by atoms with Crippen LogP contribution in [0.1, 0.15) is 20.8 Å². The zero-order valence-electron chi connectivity index (χ0n) is 10.1. The summed E-state index contributed by atoms with van der Waals surface area (Å²) >= 11 is 9.31. The first-order chi connectivity index (χ1) is 7.71. The van der Waals surface area contributed by atoms with Gasteiger partial charge in [-0.3, -0.25) is 4.79 Å². The minimum Gasteiger partial charge on any atom is -0.323 e. The van der Waals surface area contributed by atoms with Gasteiger partial charge in [0.1, 0.15) is 0 Å². The molecule has 0 radical (unpaired) electrons. The highest BCUT2D eigenvalue weighted by molar-refractivity contribution is 9.10. The van der Waals surface area contributed by atoms with E-state index in [-0.39, 0.29) is 11.3 Å². The van der Waals surface area contributed by atoms with E-state index in [0.29, 0.717) is 10.7 Å². The van der Waals surface area contributed by atoms with E-state index >= 15 is 0 Å². The van der Waals surface area contributed by atoms with Gasteiger partial charge in [0, 0.05) is 4.47 Å². The summed E-state index contributed by atoms with van der Waals surface area (Å²) in [5.41, 5.74) is 6.14. The van der Waals surface area contributed by atoms with Gasteiger partial charge in [-0.25, -0.2) is 0 Å². The molecule has 1 atom stereocenters. The smallest absolute Gasteiger partial charge is 0.241 e. The molecule has 17 heavy (non-hydrogen) atoms. The van der Waals surface area contributed by atoms with Crippen molar-refractivity contribution in [2.45, 2.75) is 26.8 Å². The number of anilines is 1. The van der Waals surface area contributed by atoms with Crippen LogP contribution < -0.4 is 11.1 Å². The zero-order chi connectivity index (χ0) is 13.2. The molecule has 0 heterocycles. The lowest BCUT2D eigenvalue weighted by Crippen LogP contribution is -2.45. The number of hydrogen-bond donors (Lipinski definition) is 2. The van der Waals surface area contributed by atoms with E-state index in [1.165, 1.54) is 0 Å². The van der Waals surface area contributed by atoms with Crippen molar-refractivity contribution < 1.29 is 4.79 Å². The Morgan fingerprint density at radius 3 is 2.53 bits per heavy atom. The fraction of sp³-hybridized carbons (Fsp3) is 0.417. The first-order valence-corrected chi connectivity index (χ1v) is 6.40. The lowest BCUT2D eigenvalue weighted by molar-refractivity contribution is -0.119. The summed E-state index contributed by atoms with van der Waals surface area (Å²) in [6, 6.07) is 4.69. The van der Waals surface area contributed by atoms with Crippen molar-refractivity contribution in [3.8, 4) is 0 Å². The van der Waals surface area contributed by atoms with Gasteiger partial charge in [-0.1, -0.05) is 48.3 Å². The molecule has 0 aromatic heterocycles. The number of carbonyl (C=O) groups is 1. The molecule has 0 saturated heterocycles. The quantitative estimate of drug-likeness (QED) is 0.877. The highest BCUT2D eigenvalue weighted by Gasteiger charge is 2.27. The van der Waals surface area contributed by atoms with Crippen LogP contribution in [0.2, 0.25) is 5.02 Å². The second-order valence-electron chi connectivity index (χ2n) is 4.96. The maximum atomic E-state index is 11.9. The van der Waals surface area contributed by atoms with Gasteiger partial charge in [0.15, 0.2) is 0 Å². The molecule has 0 spiro atoms. The average Bonchev–Trinajstić information content (AvgIpc) is 2.19. The molecular formula is C12H16BrClN2O. The van der Waals surface area contributed by atoms with Crippen LogP contribution in [0.3, 0.4) is 0 Å². The molecule has 0 aliphatic heterocycles. The third-order valence-electron chi connectivity index (χ3n) is 2.40. The summed E-state index contributed by atoms with van der Waals surface area (Å²) in [4.78, 5) is 11.9. The van der Waals surface area contributed by atoms with Crippen LogP contribution in [0, 0.1) is 5.41 Å². The van der Waals surface area contributed by atoms with E-state index in [9.17, 15) is 4.79 Å². The highest BCUT2D eigenvalue weighted by atomic mass is 79.9. The van der Waals surface area contributed by atoms with Crippen LogP contribution in [-0.4, -0.2) is 11.9 Å². The molecule has 1 amide bonds. The summed E-state index contributed by atoms with van der Waals surface area (Å²) < 4.78 is 0.862. The summed E-state index contributed by atoms with van der Waals surface area (Å²) in [5.74, 6) is -0.235. The number of nitrogens with two attached hydrogens (primary N) is 1. The molecule has 0 bridgehead atoms. The molecule has 3 N–H and O–H groups in total. The molecule has 0 aliphatic rings. The monoisotopic (exact) mass is 318 g/mol. The van der Waals surface area contributed by atoms with Gasteiger partial charge >= 0.3 is 0 Å². The number of nitrogens with one attached hydrogen (secondary N) is 1. The van der Waals surface area contributed by atoms with Gasteiger partial charge in [-0.15, -0.1) is 0 Å². The van der Waals surface area contributed by atoms with E-state index in [0.717, 1.165) is 4.47 Å². The van der Waals surface area contributed by atoms with Crippen molar-refractivity contribution in [3.63, 3.8) is 0 Å². The maximum Gasteiger partial charge on any atom is 0.241 e. The number of benzene rings is 1. The minimum absolute atomic E-state index is 0.235. The molecule has 0 aliphatic carbocycles. The van der Waals surface area contributed by atoms with Crippen LogP contribution in [-0.2, 0) is 4.79 Å². The van der Waals surface area contributed by atoms with Crippen LogP contribution in [0.15, 0.2) is 22.7 Å². The highest BCUT2D eigenvalue weighted by Crippen LogP contribution is 2.26. The molecule has 1 aromatic rings. The van der Waals surface area contributed by atoms with Crippen molar-refractivity contribution in [2.24, 2.45) is 11.1 Å². The molecule has 0 unspecified atom stereocenters. The van der Waals surface area contributed by atoms with Gasteiger partial charge < -0.3 is 11.1 Å². The van der Waals surface area contributed by atoms with Crippen LogP contribution in [0.4, 0.5) is 5.69 Å². The molecular weight excluding hydrogens is 304 g/mol. The molecule has 5 heteroatoms. The summed E-state index contributed by atoms with van der Waals surface area (Å²) in [6.07, 6.45) is 0. The SMILES string of the molecule is CC(C)(C)[C@H](N)C(=O)Nc1ccc(Br)cc1Cl. The largest absolute Gasteiger partial charge is 0.323 e. The van der Waals surface area contributed by atoms with Crippen molar-refractivity contribution in [1.82, 2.24) is 0 Å². The summed E-state index contributed by atoms with van der Waals surface area (Å²) in [6.45, 7) is 5.75. The summed E-state index contributed by atoms with van der Waals surface area (Å²) in [5, 5.41) is 3.21. The van der Waals surface area contributed by atoms with Gasteiger partial charge in [0.05, 0.1) is 16.8 Å². The standard InChI is InChI=1S/C12H16BrClN2O/c1-12(2,3)10(15)11(17)16-9-5-4-7(13)6-8(9)14/h4-6,10H,15H2,1-3H3,(H,16,17)/t10-/m1/s1. The average molecular weight is 320 g/mol. The lowest BCUT2D eigenvalue weighted by Gasteiger charge is -2.26. The van der Waals surface area contributed by atoms with Crippen LogP contribution in [0.5, 0.6) is 0 Å². The Morgan fingerprint density at radius 2 is 2.06 bits per heavy atom. The zero-order valence-corrected chi connectivity index (χ0v) is 12.4. The number of carbonyl (C=O) groups excluding carboxylic acids is 1. The first kappa shape index (κ1) is 14.5. The first-order valence-electron chi connectivity index (χ1n) is 5.23. The Hall–Kier alpha value is -0.580. The normalized spacial score (nSPS) is 13.3. The van der Waals surface area contributed by atoms with Gasteiger partial charge in [0.25, 0.3) is 0 Å². The third-order valence-corrected chi connectivity index (χ3v) is 3.21. The third kappa shape index (κ3) is 3.98. The van der Waals surface area contributed by atoms with E-state index in [1.807, 2.05) is 26.8 Å². The Bertz CT molecular complexity index is 429. The van der Waals surface area contributed by atoms with Gasteiger partial charge in [-0.2, -0.15) is 0 Å². The predicted octanol–water partition coefficient (Wildman–Crippen LogP) is 3.41. The number of hydrogen-bond acceptors (Lipinski definition) is 2. The van der Waals surface area contributed by atoms with Crippen molar-refractivity contribution >= 4 is 39.1 Å². The molecule has 0 fully saturated rings. The van der Waals surface area contributed by atoms with Gasteiger partial charge in [-0.05, 0) is 23.6 Å². The molecule has 1 rings (SSSR count). The van der Waals surface area contributed by atoms with Crippen molar-refractivity contribution in [2.75, 3.05) is 5.32 Å². The van der Waals surface area contributed by atoms with Crippen molar-refractivity contribution in [3.05, 3.63) is 27.7 Å². The molecule has 3 nitrogen and oxygen atoms in total. The molecule has 94 valence electrons. The Kier molecular flexibility index (Phi) is 4.58. The Balaban J connectivity index is 2.82. The van der Waals surface area contributed by atoms with E-state index in [4.69, 9.17) is 17.3 Å². The number of rotatable bonds is 2. The minimum atomic E-state index is -0.581. The number of amides is 1. The molecule has 0 saturated carbocycles. The van der Waals surface area contributed by atoms with Crippen molar-refractivity contribution in [1.29, 1.82) is 0 Å².